The predicted octanol–water partition coefficient (Wildman–Crippen LogP) is 7.67. The lowest BCUT2D eigenvalue weighted by molar-refractivity contribution is -0.132. The van der Waals surface area contributed by atoms with Crippen LogP contribution in [-0.2, 0) is 9.59 Å². The Kier molecular flexibility index (Phi) is 8.36. The highest BCUT2D eigenvalue weighted by molar-refractivity contribution is 7.22. The maximum Gasteiger partial charge on any atom is 0.301 e. The molecule has 1 aromatic heterocycles. The minimum absolute atomic E-state index is 0.00642. The number of thiazole rings is 1. The number of hydrogen-bond donors (Lipinski definition) is 1. The van der Waals surface area contributed by atoms with Gasteiger partial charge in [0, 0.05) is 5.56 Å². The van der Waals surface area contributed by atoms with Crippen LogP contribution in [0, 0.1) is 26.7 Å². The van der Waals surface area contributed by atoms with E-state index < -0.39 is 17.7 Å². The molecule has 2 heterocycles. The number of aliphatic hydroxyl groups is 1. The number of anilines is 1. The molecule has 8 heteroatoms. The number of hydrogen-bond acceptors (Lipinski definition) is 7. The molecule has 4 aromatic rings. The number of ketones is 1. The molecule has 0 bridgehead atoms. The van der Waals surface area contributed by atoms with E-state index >= 15 is 0 Å². The normalized spacial score (nSPS) is 16.5. The lowest BCUT2D eigenvalue weighted by Crippen LogP contribution is -2.29. The van der Waals surface area contributed by atoms with Crippen LogP contribution >= 0.6 is 11.3 Å². The van der Waals surface area contributed by atoms with Crippen LogP contribution in [0.5, 0.6) is 11.5 Å². The van der Waals surface area contributed by atoms with Crippen molar-refractivity contribution in [2.45, 2.75) is 54.0 Å². The van der Waals surface area contributed by atoms with E-state index in [0.29, 0.717) is 46.9 Å². The van der Waals surface area contributed by atoms with Crippen molar-refractivity contribution in [3.8, 4) is 11.5 Å². The Morgan fingerprint density at radius 1 is 0.976 bits per heavy atom. The van der Waals surface area contributed by atoms with E-state index in [4.69, 9.17) is 14.5 Å². The van der Waals surface area contributed by atoms with Crippen molar-refractivity contribution < 1.29 is 24.2 Å². The summed E-state index contributed by atoms with van der Waals surface area (Å²) in [7, 11) is 0. The lowest BCUT2D eigenvalue weighted by atomic mass is 9.95. The second kappa shape index (κ2) is 12.0. The maximum atomic E-state index is 13.7. The van der Waals surface area contributed by atoms with Crippen molar-refractivity contribution in [1.82, 2.24) is 4.98 Å². The number of ether oxygens (including phenoxy) is 2. The summed E-state index contributed by atoms with van der Waals surface area (Å²) in [6.45, 7) is 13.0. The Morgan fingerprint density at radius 2 is 1.71 bits per heavy atom. The molecule has 0 aliphatic carbocycles. The SMILES string of the molecule is CCOc1cc(C2/C(=C(\O)c3ccc(C)cc3)C(=O)C(=O)N2c2nc3c(C)cc(C)cc3s2)ccc1OCCC(C)C. The van der Waals surface area contributed by atoms with Gasteiger partial charge in [0.25, 0.3) is 5.78 Å². The molecular formula is C34H36N2O5S. The molecule has 1 saturated heterocycles. The molecule has 3 aromatic carbocycles. The molecule has 1 aliphatic heterocycles. The number of aryl methyl sites for hydroxylation is 3. The monoisotopic (exact) mass is 584 g/mol. The highest BCUT2D eigenvalue weighted by atomic mass is 32.1. The third kappa shape index (κ3) is 5.63. The van der Waals surface area contributed by atoms with Gasteiger partial charge in [-0.15, -0.1) is 0 Å². The van der Waals surface area contributed by atoms with Crippen molar-refractivity contribution in [2.24, 2.45) is 5.92 Å². The van der Waals surface area contributed by atoms with Gasteiger partial charge in [0.15, 0.2) is 16.6 Å². The summed E-state index contributed by atoms with van der Waals surface area (Å²) in [6, 6.07) is 15.8. The van der Waals surface area contributed by atoms with Crippen LogP contribution in [0.4, 0.5) is 5.13 Å². The van der Waals surface area contributed by atoms with E-state index in [-0.39, 0.29) is 11.3 Å². The number of carbonyl (C=O) groups is 2. The summed E-state index contributed by atoms with van der Waals surface area (Å²) >= 11 is 1.35. The first-order chi connectivity index (χ1) is 20.1. The molecule has 1 fully saturated rings. The molecule has 0 radical (unpaired) electrons. The topological polar surface area (TPSA) is 89.0 Å². The van der Waals surface area contributed by atoms with Crippen LogP contribution in [0.25, 0.3) is 16.0 Å². The smallest absolute Gasteiger partial charge is 0.301 e. The van der Waals surface area contributed by atoms with Crippen molar-refractivity contribution in [3.63, 3.8) is 0 Å². The fourth-order valence-corrected chi connectivity index (χ4v) is 6.33. The summed E-state index contributed by atoms with van der Waals surface area (Å²) in [5.41, 5.74) is 4.94. The first-order valence-electron chi connectivity index (χ1n) is 14.2. The van der Waals surface area contributed by atoms with Gasteiger partial charge in [-0.25, -0.2) is 4.98 Å². The van der Waals surface area contributed by atoms with E-state index in [2.05, 4.69) is 13.8 Å². The zero-order valence-corrected chi connectivity index (χ0v) is 25.7. The second-order valence-corrected chi connectivity index (χ2v) is 12.1. The first kappa shape index (κ1) is 29.3. The molecule has 1 aliphatic rings. The molecule has 1 amide bonds. The van der Waals surface area contributed by atoms with Gasteiger partial charge < -0.3 is 14.6 Å². The third-order valence-electron chi connectivity index (χ3n) is 7.33. The Hall–Kier alpha value is -4.17. The first-order valence-corrected chi connectivity index (χ1v) is 15.1. The molecule has 7 nitrogen and oxygen atoms in total. The van der Waals surface area contributed by atoms with Crippen molar-refractivity contribution >= 4 is 44.1 Å². The largest absolute Gasteiger partial charge is 0.507 e. The van der Waals surface area contributed by atoms with E-state index in [1.807, 2.05) is 58.0 Å². The fourth-order valence-electron chi connectivity index (χ4n) is 5.16. The van der Waals surface area contributed by atoms with E-state index in [1.54, 1.807) is 24.3 Å². The summed E-state index contributed by atoms with van der Waals surface area (Å²) in [5, 5.41) is 11.9. The summed E-state index contributed by atoms with van der Waals surface area (Å²) < 4.78 is 12.9. The van der Waals surface area contributed by atoms with Gasteiger partial charge in [0.1, 0.15) is 5.76 Å². The van der Waals surface area contributed by atoms with Crippen LogP contribution in [0.1, 0.15) is 61.1 Å². The number of benzene rings is 3. The van der Waals surface area contributed by atoms with Crippen molar-refractivity contribution in [1.29, 1.82) is 0 Å². The third-order valence-corrected chi connectivity index (χ3v) is 8.33. The summed E-state index contributed by atoms with van der Waals surface area (Å²) in [6.07, 6.45) is 0.889. The molecule has 218 valence electrons. The number of rotatable bonds is 9. The Morgan fingerprint density at radius 3 is 2.40 bits per heavy atom. The minimum atomic E-state index is -0.919. The fraction of sp³-hybridized carbons (Fsp3) is 0.324. The number of aromatic nitrogens is 1. The molecule has 0 saturated carbocycles. The number of carbonyl (C=O) groups excluding carboxylic acids is 2. The average Bonchev–Trinajstić information content (AvgIpc) is 3.48. The van der Waals surface area contributed by atoms with E-state index in [0.717, 1.165) is 33.3 Å². The summed E-state index contributed by atoms with van der Waals surface area (Å²) in [5.74, 6) is -0.150. The zero-order chi connectivity index (χ0) is 30.1. The molecule has 42 heavy (non-hydrogen) atoms. The van der Waals surface area contributed by atoms with Gasteiger partial charge in [-0.2, -0.15) is 0 Å². The molecule has 5 rings (SSSR count). The summed E-state index contributed by atoms with van der Waals surface area (Å²) in [4.78, 5) is 33.7. The molecular weight excluding hydrogens is 548 g/mol. The minimum Gasteiger partial charge on any atom is -0.507 e. The molecule has 1 N–H and O–H groups in total. The standard InChI is InChI=1S/C34H36N2O5S/c1-7-40-26-18-24(12-13-25(26)41-15-14-19(2)3)30-28(31(37)23-10-8-20(4)9-11-23)32(38)33(39)36(30)34-35-29-22(6)16-21(5)17-27(29)42-34/h8-13,16-19,30,37H,7,14-15H2,1-6H3/b31-28+. The Balaban J connectivity index is 1.69. The number of amides is 1. The van der Waals surface area contributed by atoms with Crippen LogP contribution in [0.3, 0.4) is 0 Å². The van der Waals surface area contributed by atoms with Gasteiger partial charge >= 0.3 is 5.91 Å². The van der Waals surface area contributed by atoms with Gasteiger partial charge in [-0.3, -0.25) is 14.5 Å². The van der Waals surface area contributed by atoms with Crippen molar-refractivity contribution in [3.05, 3.63) is 88.0 Å². The van der Waals surface area contributed by atoms with Crippen LogP contribution in [0.2, 0.25) is 0 Å². The Labute approximate surface area is 250 Å². The quantitative estimate of drug-likeness (QED) is 0.123. The van der Waals surface area contributed by atoms with Crippen molar-refractivity contribution in [2.75, 3.05) is 18.1 Å². The van der Waals surface area contributed by atoms with Crippen LogP contribution < -0.4 is 14.4 Å². The number of nitrogens with zero attached hydrogens (tertiary/aromatic N) is 2. The average molecular weight is 585 g/mol. The van der Waals surface area contributed by atoms with Gasteiger partial charge in [0.05, 0.1) is 35.0 Å². The predicted molar refractivity (Wildman–Crippen MR) is 168 cm³/mol. The molecule has 1 unspecified atom stereocenters. The number of Topliss-reactive ketones (excluding diaryl/α,β-unsaturated/α-hetero) is 1. The zero-order valence-electron chi connectivity index (χ0n) is 24.9. The highest BCUT2D eigenvalue weighted by Crippen LogP contribution is 2.46. The number of fused-ring (bicyclic) bond motifs is 1. The van der Waals surface area contributed by atoms with Crippen LogP contribution in [-0.4, -0.2) is 35.0 Å². The highest BCUT2D eigenvalue weighted by Gasteiger charge is 2.48. The molecule has 1 atom stereocenters. The Bertz CT molecular complexity index is 1690. The van der Waals surface area contributed by atoms with E-state index in [9.17, 15) is 14.7 Å². The second-order valence-electron chi connectivity index (χ2n) is 11.1. The van der Waals surface area contributed by atoms with Crippen LogP contribution in [0.15, 0.2) is 60.2 Å². The maximum absolute atomic E-state index is 13.7. The van der Waals surface area contributed by atoms with Gasteiger partial charge in [0.2, 0.25) is 0 Å². The van der Waals surface area contributed by atoms with Gasteiger partial charge in [-0.05, 0) is 74.9 Å². The van der Waals surface area contributed by atoms with Gasteiger partial charge in [-0.1, -0.05) is 67.1 Å². The van der Waals surface area contributed by atoms with E-state index in [1.165, 1.54) is 16.2 Å². The molecule has 0 spiro atoms. The number of aliphatic hydroxyl groups excluding tert-OH is 1. The lowest BCUT2D eigenvalue weighted by Gasteiger charge is -2.24.